The molecular formula is C10H10CrO6. The van der Waals surface area contributed by atoms with Crippen molar-refractivity contribution in [3.8, 4) is 0 Å². The van der Waals surface area contributed by atoms with E-state index in [-0.39, 0.29) is 0 Å². The Balaban J connectivity index is -0.0000000257. The van der Waals surface area contributed by atoms with Crippen LogP contribution in [-0.2, 0) is 43.8 Å². The van der Waals surface area contributed by atoms with E-state index >= 15 is 0 Å². The molecule has 0 fully saturated rings. The molecule has 0 amide bonds. The molecule has 0 spiro atoms. The molecule has 0 aromatic rings. The fourth-order valence-electron chi connectivity index (χ4n) is 0.306. The number of ether oxygens (including phenoxy) is 1. The van der Waals surface area contributed by atoms with Crippen molar-refractivity contribution < 1.29 is 43.8 Å². The molecule has 0 rings (SSSR count). The molecule has 0 bridgehead atoms. The molecule has 0 aliphatic rings. The van der Waals surface area contributed by atoms with Crippen molar-refractivity contribution in [1.82, 2.24) is 0 Å². The number of methoxy groups -OCH3 is 1. The molecule has 0 aromatic heterocycles. The van der Waals surface area contributed by atoms with Crippen LogP contribution in [0.1, 0.15) is 19.8 Å². The van der Waals surface area contributed by atoms with E-state index in [1.165, 1.54) is 0 Å². The number of hydrogen-bond donors (Lipinski definition) is 0. The quantitative estimate of drug-likeness (QED) is 0.555. The van der Waals surface area contributed by atoms with Gasteiger partial charge in [-0.2, -0.15) is 0 Å². The molecule has 0 atom stereocenters. The van der Waals surface area contributed by atoms with E-state index in [1.54, 1.807) is 7.11 Å². The minimum absolute atomic E-state index is 1.00. The molecule has 6 nitrogen and oxygen atoms in total. The summed E-state index contributed by atoms with van der Waals surface area (Å²) in [6.07, 6.45) is 2.19. The molecule has 0 unspecified atom stereocenters. The summed E-state index contributed by atoms with van der Waals surface area (Å²) in [7, 11) is 1.68. The van der Waals surface area contributed by atoms with E-state index in [4.69, 9.17) is 28.0 Å². The van der Waals surface area contributed by atoms with Gasteiger partial charge in [0.25, 0.3) is 0 Å². The van der Waals surface area contributed by atoms with Gasteiger partial charge >= 0.3 is 109 Å². The predicted molar refractivity (Wildman–Crippen MR) is 46.6 cm³/mol. The summed E-state index contributed by atoms with van der Waals surface area (Å²) in [4.78, 5) is 0. The number of hydrogen-bond acceptors (Lipinski definition) is 1. The SMILES string of the molecule is CCC[C](=[Cr])OC.[C-]#[O+].[C-]#[O+].[C-]#[O+].[C-]#[O+].[C-]#[O+]. The molecule has 0 saturated heterocycles. The van der Waals surface area contributed by atoms with Crippen LogP contribution in [0.4, 0.5) is 0 Å². The van der Waals surface area contributed by atoms with Gasteiger partial charge in [0.05, 0.1) is 0 Å². The monoisotopic (exact) mass is 278 g/mol. The van der Waals surface area contributed by atoms with Crippen LogP contribution in [0.25, 0.3) is 0 Å². The first-order valence-corrected chi connectivity index (χ1v) is 4.04. The molecule has 0 N–H and O–H groups in total. The van der Waals surface area contributed by atoms with Crippen LogP contribution < -0.4 is 0 Å². The van der Waals surface area contributed by atoms with E-state index < -0.39 is 0 Å². The predicted octanol–water partition coefficient (Wildman–Crippen LogP) is 0.922. The van der Waals surface area contributed by atoms with Crippen LogP contribution in [0.15, 0.2) is 0 Å². The minimum atomic E-state index is 1.00. The first-order valence-electron chi connectivity index (χ1n) is 3.40. The average Bonchev–Trinajstić information content (AvgIpc) is 2.49. The van der Waals surface area contributed by atoms with Crippen LogP contribution in [0.5, 0.6) is 0 Å². The third-order valence-electron chi connectivity index (χ3n) is 0.682. The first kappa shape index (κ1) is 36.0. The fraction of sp³-hybridized carbons (Fsp3) is 0.400. The van der Waals surface area contributed by atoms with Crippen molar-refractivity contribution in [1.29, 1.82) is 0 Å². The van der Waals surface area contributed by atoms with Crippen molar-refractivity contribution in [2.45, 2.75) is 19.8 Å². The Morgan fingerprint density at radius 2 is 1.12 bits per heavy atom. The zero-order chi connectivity index (χ0) is 15.7. The number of rotatable bonds is 3. The summed E-state index contributed by atoms with van der Waals surface area (Å²) in [5.74, 6) is 0. The van der Waals surface area contributed by atoms with Gasteiger partial charge in [0.2, 0.25) is 0 Å². The summed E-state index contributed by atoms with van der Waals surface area (Å²) in [6.45, 7) is 24.6. The topological polar surface area (TPSA) is 109 Å². The van der Waals surface area contributed by atoms with Gasteiger partial charge in [-0.05, 0) is 0 Å². The van der Waals surface area contributed by atoms with Crippen molar-refractivity contribution in [2.75, 3.05) is 7.11 Å². The molecule has 0 saturated carbocycles. The Hall–Kier alpha value is -0.938. The van der Waals surface area contributed by atoms with E-state index in [1.807, 2.05) is 0 Å². The van der Waals surface area contributed by atoms with E-state index in [0.717, 1.165) is 17.4 Å². The molecular weight excluding hydrogens is 268 g/mol. The molecule has 7 heteroatoms. The summed E-state index contributed by atoms with van der Waals surface area (Å²) < 4.78 is 43.4. The van der Waals surface area contributed by atoms with Crippen molar-refractivity contribution in [3.63, 3.8) is 0 Å². The maximum absolute atomic E-state index is 7.50. The zero-order valence-corrected chi connectivity index (χ0v) is 10.5. The summed E-state index contributed by atoms with van der Waals surface area (Å²) in [6, 6.07) is 0. The van der Waals surface area contributed by atoms with E-state index in [9.17, 15) is 0 Å². The van der Waals surface area contributed by atoms with Crippen molar-refractivity contribution in [2.24, 2.45) is 0 Å². The van der Waals surface area contributed by atoms with Gasteiger partial charge in [-0.15, -0.1) is 0 Å². The Morgan fingerprint density at radius 3 is 1.18 bits per heavy atom. The normalized spacial score (nSPS) is 4.24. The Morgan fingerprint density at radius 1 is 0.882 bits per heavy atom. The molecule has 92 valence electrons. The second-order valence-corrected chi connectivity index (χ2v) is 2.04. The summed E-state index contributed by atoms with van der Waals surface area (Å²) in [5.41, 5.74) is 0. The van der Waals surface area contributed by atoms with Gasteiger partial charge < -0.3 is 0 Å². The second kappa shape index (κ2) is 116. The molecule has 0 aromatic carbocycles. The Kier molecular flexibility index (Phi) is 246. The van der Waals surface area contributed by atoms with Gasteiger partial charge in [-0.25, -0.2) is 0 Å². The van der Waals surface area contributed by atoms with Gasteiger partial charge in [0, 0.05) is 0 Å². The van der Waals surface area contributed by atoms with Crippen LogP contribution in [0.2, 0.25) is 0 Å². The summed E-state index contributed by atoms with van der Waals surface area (Å²) in [5, 5.41) is 0. The maximum atomic E-state index is 7.50. The average molecular weight is 278 g/mol. The van der Waals surface area contributed by atoms with Crippen molar-refractivity contribution >= 4 is 4.57 Å². The van der Waals surface area contributed by atoms with Gasteiger partial charge in [-0.1, -0.05) is 0 Å². The van der Waals surface area contributed by atoms with Gasteiger partial charge in [0.15, 0.2) is 0 Å². The molecule has 0 aliphatic carbocycles. The summed E-state index contributed by atoms with van der Waals surface area (Å²) >= 11 is 2.82. The van der Waals surface area contributed by atoms with E-state index in [2.05, 4.69) is 56.0 Å². The van der Waals surface area contributed by atoms with Gasteiger partial charge in [-0.3, -0.25) is 0 Å². The fourth-order valence-corrected chi connectivity index (χ4v) is 0.625. The molecule has 17 heavy (non-hydrogen) atoms. The molecule has 0 aliphatic heterocycles. The molecule has 0 heterocycles. The second-order valence-electron chi connectivity index (χ2n) is 1.33. The van der Waals surface area contributed by atoms with E-state index in [0.29, 0.717) is 0 Å². The Labute approximate surface area is 109 Å². The van der Waals surface area contributed by atoms with Crippen LogP contribution in [0.3, 0.4) is 0 Å². The van der Waals surface area contributed by atoms with Crippen molar-refractivity contribution in [3.05, 3.63) is 33.3 Å². The molecule has 0 radical (unpaired) electrons. The Bertz CT molecular complexity index is 178. The third-order valence-corrected chi connectivity index (χ3v) is 1.26. The zero-order valence-electron chi connectivity index (χ0n) is 9.27. The van der Waals surface area contributed by atoms with Gasteiger partial charge in [0.1, 0.15) is 0 Å². The standard InChI is InChI=1S/C5H10O.5CO.Cr/c1-3-4-5-6-2;5*1-2;/h3-4H2,1-2H3;;;;;;. The first-order chi connectivity index (χ1) is 8.31. The van der Waals surface area contributed by atoms with Crippen LogP contribution in [-0.4, -0.2) is 11.7 Å². The van der Waals surface area contributed by atoms with Crippen LogP contribution in [0, 0.1) is 33.3 Å². The van der Waals surface area contributed by atoms with Crippen LogP contribution >= 0.6 is 0 Å². The third kappa shape index (κ3) is 156.